The van der Waals surface area contributed by atoms with E-state index in [1.165, 1.54) is 12.1 Å². The molecule has 0 saturated carbocycles. The van der Waals surface area contributed by atoms with E-state index in [2.05, 4.69) is 5.32 Å². The molecule has 1 aromatic carbocycles. The van der Waals surface area contributed by atoms with Crippen LogP contribution in [0.15, 0.2) is 18.2 Å². The molecule has 3 nitrogen and oxygen atoms in total. The van der Waals surface area contributed by atoms with E-state index in [0.29, 0.717) is 11.5 Å². The van der Waals surface area contributed by atoms with E-state index in [4.69, 9.17) is 0 Å². The molecule has 2 rings (SSSR count). The molecule has 1 aromatic rings. The molecule has 0 spiro atoms. The summed E-state index contributed by atoms with van der Waals surface area (Å²) in [6, 6.07) is 4.38. The molecule has 1 fully saturated rings. The number of aryl methyl sites for hydroxylation is 1. The first kappa shape index (κ1) is 15.9. The van der Waals surface area contributed by atoms with Gasteiger partial charge in [-0.15, -0.1) is 12.4 Å². The molecule has 1 heterocycles. The van der Waals surface area contributed by atoms with Crippen LogP contribution < -0.4 is 5.32 Å². The second-order valence-electron chi connectivity index (χ2n) is 4.92. The average molecular weight is 287 g/mol. The lowest BCUT2D eigenvalue weighted by atomic mass is 10.1. The Hall–Kier alpha value is -1.13. The minimum atomic E-state index is -0.352. The number of amides is 1. The van der Waals surface area contributed by atoms with Gasteiger partial charge in [0.15, 0.2) is 0 Å². The Bertz CT molecular complexity index is 453. The molecule has 1 aliphatic heterocycles. The highest BCUT2D eigenvalue weighted by atomic mass is 35.5. The predicted molar refractivity (Wildman–Crippen MR) is 76.3 cm³/mol. The van der Waals surface area contributed by atoms with E-state index >= 15 is 0 Å². The third-order valence-electron chi connectivity index (χ3n) is 3.50. The summed E-state index contributed by atoms with van der Waals surface area (Å²) >= 11 is 0. The molecule has 1 saturated heterocycles. The summed E-state index contributed by atoms with van der Waals surface area (Å²) in [5, 5.41) is 3.13. The van der Waals surface area contributed by atoms with Crippen molar-refractivity contribution in [1.29, 1.82) is 0 Å². The number of benzene rings is 1. The van der Waals surface area contributed by atoms with Crippen LogP contribution in [-0.4, -0.2) is 37.5 Å². The van der Waals surface area contributed by atoms with E-state index < -0.39 is 0 Å². The van der Waals surface area contributed by atoms with Crippen molar-refractivity contribution in [2.24, 2.45) is 5.92 Å². The van der Waals surface area contributed by atoms with Crippen molar-refractivity contribution in [1.82, 2.24) is 10.2 Å². The smallest absolute Gasteiger partial charge is 0.254 e. The molecule has 19 heavy (non-hydrogen) atoms. The summed E-state index contributed by atoms with van der Waals surface area (Å²) in [6.07, 6.45) is 1.01. The van der Waals surface area contributed by atoms with Gasteiger partial charge in [-0.25, -0.2) is 4.39 Å². The van der Waals surface area contributed by atoms with Crippen LogP contribution in [0.2, 0.25) is 0 Å². The highest BCUT2D eigenvalue weighted by Crippen LogP contribution is 2.20. The quantitative estimate of drug-likeness (QED) is 0.924. The Morgan fingerprint density at radius 1 is 1.53 bits per heavy atom. The molecule has 1 unspecified atom stereocenters. The van der Waals surface area contributed by atoms with Gasteiger partial charge in [-0.05, 0) is 50.6 Å². The van der Waals surface area contributed by atoms with Crippen molar-refractivity contribution < 1.29 is 9.18 Å². The molecule has 1 amide bonds. The average Bonchev–Trinajstić information content (AvgIpc) is 2.80. The molecule has 1 N–H and O–H groups in total. The van der Waals surface area contributed by atoms with E-state index in [1.54, 1.807) is 6.07 Å². The first-order chi connectivity index (χ1) is 8.61. The molecular weight excluding hydrogens is 267 g/mol. The number of carbonyl (C=O) groups excluding carboxylic acids is 1. The van der Waals surface area contributed by atoms with Gasteiger partial charge in [-0.3, -0.25) is 4.79 Å². The van der Waals surface area contributed by atoms with Crippen LogP contribution in [0.3, 0.4) is 0 Å². The van der Waals surface area contributed by atoms with Crippen LogP contribution in [0.5, 0.6) is 0 Å². The SMILES string of the molecule is CNCC1CCN(C(=O)c2cc(F)ccc2C)C1.Cl. The molecule has 5 heteroatoms. The van der Waals surface area contributed by atoms with Gasteiger partial charge in [-0.1, -0.05) is 6.07 Å². The Morgan fingerprint density at radius 2 is 2.26 bits per heavy atom. The highest BCUT2D eigenvalue weighted by Gasteiger charge is 2.27. The number of carbonyl (C=O) groups is 1. The maximum absolute atomic E-state index is 13.2. The number of hydrogen-bond acceptors (Lipinski definition) is 2. The summed E-state index contributed by atoms with van der Waals surface area (Å²) in [4.78, 5) is 14.1. The molecule has 0 bridgehead atoms. The normalized spacial score (nSPS) is 18.3. The van der Waals surface area contributed by atoms with Gasteiger partial charge in [-0.2, -0.15) is 0 Å². The number of rotatable bonds is 3. The molecule has 106 valence electrons. The molecule has 0 aromatic heterocycles. The van der Waals surface area contributed by atoms with E-state index in [1.807, 2.05) is 18.9 Å². The first-order valence-electron chi connectivity index (χ1n) is 6.32. The maximum Gasteiger partial charge on any atom is 0.254 e. The van der Waals surface area contributed by atoms with Crippen LogP contribution in [0.1, 0.15) is 22.3 Å². The highest BCUT2D eigenvalue weighted by molar-refractivity contribution is 5.95. The van der Waals surface area contributed by atoms with E-state index in [-0.39, 0.29) is 24.1 Å². The molecule has 0 aliphatic carbocycles. The largest absolute Gasteiger partial charge is 0.338 e. The summed E-state index contributed by atoms with van der Waals surface area (Å²) in [7, 11) is 1.92. The predicted octanol–water partition coefficient (Wildman–Crippen LogP) is 2.24. The summed E-state index contributed by atoms with van der Waals surface area (Å²) < 4.78 is 13.2. The number of halogens is 2. The molecule has 0 radical (unpaired) electrons. The fourth-order valence-electron chi connectivity index (χ4n) is 2.47. The van der Waals surface area contributed by atoms with Crippen molar-refractivity contribution in [3.8, 4) is 0 Å². The van der Waals surface area contributed by atoms with Gasteiger partial charge in [0.1, 0.15) is 5.82 Å². The van der Waals surface area contributed by atoms with Gasteiger partial charge in [0.2, 0.25) is 0 Å². The van der Waals surface area contributed by atoms with Gasteiger partial charge in [0, 0.05) is 18.7 Å². The number of nitrogens with one attached hydrogen (secondary N) is 1. The van der Waals surface area contributed by atoms with Crippen molar-refractivity contribution in [3.63, 3.8) is 0 Å². The zero-order valence-electron chi connectivity index (χ0n) is 11.3. The lowest BCUT2D eigenvalue weighted by molar-refractivity contribution is 0.0786. The van der Waals surface area contributed by atoms with Crippen LogP contribution in [0, 0.1) is 18.7 Å². The van der Waals surface area contributed by atoms with Crippen LogP contribution >= 0.6 is 12.4 Å². The maximum atomic E-state index is 13.2. The lowest BCUT2D eigenvalue weighted by Crippen LogP contribution is -2.30. The number of hydrogen-bond donors (Lipinski definition) is 1. The van der Waals surface area contributed by atoms with Gasteiger partial charge in [0.05, 0.1) is 0 Å². The van der Waals surface area contributed by atoms with Crippen molar-refractivity contribution in [2.75, 3.05) is 26.7 Å². The molecule has 1 atom stereocenters. The number of nitrogens with zero attached hydrogens (tertiary/aromatic N) is 1. The first-order valence-corrected chi connectivity index (χ1v) is 6.32. The summed E-state index contributed by atoms with van der Waals surface area (Å²) in [5.41, 5.74) is 1.32. The Labute approximate surface area is 119 Å². The zero-order chi connectivity index (χ0) is 13.1. The Morgan fingerprint density at radius 3 is 2.95 bits per heavy atom. The standard InChI is InChI=1S/C14H19FN2O.ClH/c1-10-3-4-12(15)7-13(10)14(18)17-6-5-11(9-17)8-16-2;/h3-4,7,11,16H,5-6,8-9H2,1-2H3;1H. The van der Waals surface area contributed by atoms with Crippen LogP contribution in [-0.2, 0) is 0 Å². The third-order valence-corrected chi connectivity index (χ3v) is 3.50. The van der Waals surface area contributed by atoms with Crippen molar-refractivity contribution in [3.05, 3.63) is 35.1 Å². The minimum Gasteiger partial charge on any atom is -0.338 e. The fourth-order valence-corrected chi connectivity index (χ4v) is 2.47. The van der Waals surface area contributed by atoms with Crippen LogP contribution in [0.25, 0.3) is 0 Å². The summed E-state index contributed by atoms with van der Waals surface area (Å²) in [5.74, 6) is 0.105. The van der Waals surface area contributed by atoms with Crippen molar-refractivity contribution in [2.45, 2.75) is 13.3 Å². The zero-order valence-corrected chi connectivity index (χ0v) is 12.1. The van der Waals surface area contributed by atoms with Crippen molar-refractivity contribution >= 4 is 18.3 Å². The Balaban J connectivity index is 0.00000180. The third kappa shape index (κ3) is 3.67. The monoisotopic (exact) mass is 286 g/mol. The Kier molecular flexibility index (Phi) is 5.76. The van der Waals surface area contributed by atoms with E-state index in [0.717, 1.165) is 31.6 Å². The van der Waals surface area contributed by atoms with E-state index in [9.17, 15) is 9.18 Å². The van der Waals surface area contributed by atoms with Gasteiger partial charge < -0.3 is 10.2 Å². The second-order valence-corrected chi connectivity index (χ2v) is 4.92. The minimum absolute atomic E-state index is 0. The summed E-state index contributed by atoms with van der Waals surface area (Å²) in [6.45, 7) is 4.29. The molecule has 1 aliphatic rings. The van der Waals surface area contributed by atoms with Gasteiger partial charge >= 0.3 is 0 Å². The topological polar surface area (TPSA) is 32.3 Å². The molecular formula is C14H20ClFN2O. The second kappa shape index (κ2) is 6.87. The lowest BCUT2D eigenvalue weighted by Gasteiger charge is -2.18. The number of likely N-dealkylation sites (tertiary alicyclic amines) is 1. The van der Waals surface area contributed by atoms with Gasteiger partial charge in [0.25, 0.3) is 5.91 Å². The fraction of sp³-hybridized carbons (Fsp3) is 0.500. The van der Waals surface area contributed by atoms with Crippen LogP contribution in [0.4, 0.5) is 4.39 Å².